The summed E-state index contributed by atoms with van der Waals surface area (Å²) in [7, 11) is 3.98. The first-order chi connectivity index (χ1) is 14.5. The van der Waals surface area contributed by atoms with E-state index >= 15 is 0 Å². The van der Waals surface area contributed by atoms with Crippen molar-refractivity contribution in [1.82, 2.24) is 19.7 Å². The van der Waals surface area contributed by atoms with Crippen molar-refractivity contribution in [2.75, 3.05) is 40.3 Å². The van der Waals surface area contributed by atoms with Gasteiger partial charge in [0.05, 0.1) is 0 Å². The van der Waals surface area contributed by atoms with Crippen molar-refractivity contribution in [1.29, 1.82) is 0 Å². The van der Waals surface area contributed by atoms with Gasteiger partial charge in [0.25, 0.3) is 0 Å². The molecule has 2 aliphatic rings. The summed E-state index contributed by atoms with van der Waals surface area (Å²) in [5.74, 6) is -0.0269. The topological polar surface area (TPSA) is 62.5 Å². The van der Waals surface area contributed by atoms with E-state index < -0.39 is 0 Å². The summed E-state index contributed by atoms with van der Waals surface area (Å²) in [6, 6.07) is 6.76. The van der Waals surface area contributed by atoms with Gasteiger partial charge in [-0.05, 0) is 0 Å². The number of amides is 1. The molecule has 158 valence electrons. The van der Waals surface area contributed by atoms with Gasteiger partial charge in [0.1, 0.15) is 0 Å². The molecule has 1 fully saturated rings. The van der Waals surface area contributed by atoms with Gasteiger partial charge in [-0.25, -0.2) is 0 Å². The Balaban J connectivity index is 1.59. The summed E-state index contributed by atoms with van der Waals surface area (Å²) in [4.78, 5) is 22.4. The van der Waals surface area contributed by atoms with E-state index in [0.717, 1.165) is 37.9 Å². The summed E-state index contributed by atoms with van der Waals surface area (Å²) in [5.41, 5.74) is 3.84. The summed E-state index contributed by atoms with van der Waals surface area (Å²) >= 11 is 0. The van der Waals surface area contributed by atoms with Gasteiger partial charge in [-0.1, -0.05) is 0 Å². The van der Waals surface area contributed by atoms with Crippen LogP contribution in [0.5, 0.6) is 0 Å². The fraction of sp³-hybridized carbons (Fsp3) is 0.500. The number of fused-ring (bicyclic) bond motifs is 2. The number of piperidine rings is 1. The average molecular weight is 408 g/mol. The number of aromatic amines is 1. The first-order valence-electron chi connectivity index (χ1n) is 10.8. The minimum atomic E-state index is -0.206. The third kappa shape index (κ3) is 3.84. The molecule has 1 N–H and O–H groups in total. The molecule has 3 atom stereocenters. The molecule has 0 bridgehead atoms. The Bertz CT molecular complexity index is 973. The Labute approximate surface area is 178 Å². The van der Waals surface area contributed by atoms with Crippen LogP contribution in [-0.2, 0) is 15.9 Å². The predicted molar refractivity (Wildman–Crippen MR) is 118 cm³/mol. The number of likely N-dealkylation sites (tertiary alicyclic amines) is 1. The molecule has 0 unspecified atom stereocenters. The minimum absolute atomic E-state index is 0.0942. The number of benzene rings is 1. The van der Waals surface area contributed by atoms with E-state index in [4.69, 9.17) is 0 Å². The van der Waals surface area contributed by atoms with Crippen LogP contribution < -0.4 is 0 Å². The summed E-state index contributed by atoms with van der Waals surface area (Å²) in [5, 5.41) is 1.31. The Kier molecular flexibility index (Phi) is 6.11. The van der Waals surface area contributed by atoms with Crippen LogP contribution in [0, 0.1) is 12.2 Å². The van der Waals surface area contributed by atoms with Crippen LogP contribution in [0.25, 0.3) is 10.9 Å². The van der Waals surface area contributed by atoms with E-state index in [1.807, 2.05) is 26.4 Å². The molecule has 1 aromatic carbocycles. The second-order valence-electron chi connectivity index (χ2n) is 8.87. The van der Waals surface area contributed by atoms with Crippen LogP contribution in [0.15, 0.2) is 37.1 Å². The van der Waals surface area contributed by atoms with Crippen LogP contribution in [0.4, 0.5) is 0 Å². The number of hydrogen-bond donors (Lipinski definition) is 1. The van der Waals surface area contributed by atoms with Gasteiger partial charge in [0, 0.05) is 0 Å². The quantitative estimate of drug-likeness (QED) is 0.436. The van der Waals surface area contributed by atoms with Gasteiger partial charge < -0.3 is 0 Å². The number of aromatic nitrogens is 1. The molecule has 1 amide bonds. The Morgan fingerprint density at radius 2 is 2.23 bits per heavy atom. The van der Waals surface area contributed by atoms with E-state index in [9.17, 15) is 9.45 Å². The van der Waals surface area contributed by atoms with E-state index in [-0.39, 0.29) is 17.7 Å². The molecule has 1 aliphatic carbocycles. The van der Waals surface area contributed by atoms with Gasteiger partial charge in [0.2, 0.25) is 0 Å². The van der Waals surface area contributed by atoms with Crippen LogP contribution >= 0.6 is 0 Å². The summed E-state index contributed by atoms with van der Waals surface area (Å²) in [6.07, 6.45) is 8.44. The van der Waals surface area contributed by atoms with Crippen molar-refractivity contribution in [3.63, 3.8) is 0 Å². The van der Waals surface area contributed by atoms with Gasteiger partial charge in [-0.3, -0.25) is 0 Å². The molecule has 1 saturated heterocycles. The van der Waals surface area contributed by atoms with E-state index in [1.165, 1.54) is 21.4 Å². The molecule has 0 spiro atoms. The van der Waals surface area contributed by atoms with E-state index in [0.29, 0.717) is 19.1 Å². The number of rotatable bonds is 7. The summed E-state index contributed by atoms with van der Waals surface area (Å²) < 4.78 is 11.6. The molecular formula is C24H31N4O2+. The maximum absolute atomic E-state index is 13.3. The van der Waals surface area contributed by atoms with E-state index in [1.54, 1.807) is 0 Å². The second-order valence-corrected chi connectivity index (χ2v) is 8.87. The zero-order chi connectivity index (χ0) is 21.3. The number of nitrogens with zero attached hydrogens (tertiary/aromatic N) is 3. The Morgan fingerprint density at radius 1 is 1.40 bits per heavy atom. The zero-order valence-corrected chi connectivity index (χ0v) is 17.9. The van der Waals surface area contributed by atoms with Crippen molar-refractivity contribution in [3.8, 4) is 6.27 Å². The average Bonchev–Trinajstić information content (AvgIpc) is 3.15. The molecule has 0 radical (unpaired) electrons. The predicted octanol–water partition coefficient (Wildman–Crippen LogP) is 2.81. The SMILES string of the molecule is C=CCN1C[C@H](C(=O)N(C#[O+])CCCN(C)C)C[C@@H]2c3cccc4[nH]cc(c34)C[C@H]21. The van der Waals surface area contributed by atoms with Crippen molar-refractivity contribution in [3.05, 3.63) is 48.2 Å². The molecule has 2 aromatic rings. The molecule has 1 aromatic heterocycles. The van der Waals surface area contributed by atoms with Crippen molar-refractivity contribution in [2.45, 2.75) is 31.2 Å². The number of carbonyl (C=O) groups is 1. The second kappa shape index (κ2) is 8.78. The molecule has 6 heteroatoms. The molecular weight excluding hydrogens is 376 g/mol. The van der Waals surface area contributed by atoms with Gasteiger partial charge >= 0.3 is 178 Å². The van der Waals surface area contributed by atoms with Crippen molar-refractivity contribution in [2.24, 2.45) is 5.92 Å². The molecule has 1 aliphatic heterocycles. The number of hydrogen-bond acceptors (Lipinski definition) is 3. The third-order valence-corrected chi connectivity index (χ3v) is 6.65. The first-order valence-corrected chi connectivity index (χ1v) is 10.8. The zero-order valence-electron chi connectivity index (χ0n) is 17.9. The maximum atomic E-state index is 13.3. The normalized spacial score (nSPS) is 23.2. The fourth-order valence-electron chi connectivity index (χ4n) is 5.32. The Hall–Kier alpha value is -2.37. The first kappa shape index (κ1) is 20.9. The van der Waals surface area contributed by atoms with Crippen LogP contribution in [-0.4, -0.2) is 71.9 Å². The molecule has 6 nitrogen and oxygen atoms in total. The molecule has 4 rings (SSSR count). The van der Waals surface area contributed by atoms with Crippen LogP contribution in [0.2, 0.25) is 0 Å². The van der Waals surface area contributed by atoms with Gasteiger partial charge in [-0.2, -0.15) is 0 Å². The monoisotopic (exact) mass is 407 g/mol. The van der Waals surface area contributed by atoms with Gasteiger partial charge in [0.15, 0.2) is 0 Å². The molecule has 30 heavy (non-hydrogen) atoms. The number of nitrogens with one attached hydrogen (secondary N) is 1. The van der Waals surface area contributed by atoms with E-state index in [2.05, 4.69) is 45.8 Å². The third-order valence-electron chi connectivity index (χ3n) is 6.65. The molecule has 2 heterocycles. The van der Waals surface area contributed by atoms with Gasteiger partial charge in [-0.15, -0.1) is 0 Å². The Morgan fingerprint density at radius 3 is 2.97 bits per heavy atom. The number of carbonyl (C=O) groups excluding carboxylic acids is 1. The van der Waals surface area contributed by atoms with Crippen molar-refractivity contribution < 1.29 is 9.45 Å². The van der Waals surface area contributed by atoms with Crippen LogP contribution in [0.3, 0.4) is 0 Å². The standard InChI is InChI=1S/C24H31N4O2/c1-4-9-27-15-18(24(30)28(16-29)11-6-10-26(2)3)12-20-19-7-5-8-21-23(19)17(14-25-21)13-22(20)27/h4-5,7-8,14,18,20,22,25H,1,6,9-13,15H2,2-3H3/q+1/t18-,20-,22-/m1/s1. The fourth-order valence-corrected chi connectivity index (χ4v) is 5.32. The summed E-state index contributed by atoms with van der Waals surface area (Å²) in [6.45, 7) is 6.59. The van der Waals surface area contributed by atoms with Crippen molar-refractivity contribution >= 4 is 16.8 Å². The molecule has 0 saturated carbocycles. The number of H-pyrrole nitrogens is 1. The van der Waals surface area contributed by atoms with Crippen LogP contribution in [0.1, 0.15) is 29.9 Å².